The second-order valence-corrected chi connectivity index (χ2v) is 7.71. The molecule has 2 aromatic carbocycles. The minimum atomic E-state index is -0.626. The van der Waals surface area contributed by atoms with Gasteiger partial charge in [-0.2, -0.15) is 0 Å². The largest absolute Gasteiger partial charge is 0.369 e. The summed E-state index contributed by atoms with van der Waals surface area (Å²) in [4.78, 5) is 47.7. The molecule has 2 aliphatic heterocycles. The molecule has 0 aliphatic carbocycles. The number of carbonyl (C=O) groups is 3. The quantitative estimate of drug-likeness (QED) is 0.635. The summed E-state index contributed by atoms with van der Waals surface area (Å²) in [5.74, 6) is -0.203. The molecule has 3 heterocycles. The molecular formula is C23H21N5O3. The van der Waals surface area contributed by atoms with Crippen LogP contribution in [0.4, 0.5) is 5.82 Å². The van der Waals surface area contributed by atoms with Gasteiger partial charge < -0.3 is 10.2 Å². The van der Waals surface area contributed by atoms with Crippen molar-refractivity contribution in [3.63, 3.8) is 0 Å². The second-order valence-electron chi connectivity index (χ2n) is 7.71. The van der Waals surface area contributed by atoms with Crippen LogP contribution in [0.2, 0.25) is 0 Å². The van der Waals surface area contributed by atoms with Crippen LogP contribution in [-0.4, -0.2) is 45.2 Å². The van der Waals surface area contributed by atoms with Crippen LogP contribution in [0.5, 0.6) is 0 Å². The van der Waals surface area contributed by atoms with Crippen molar-refractivity contribution in [3.8, 4) is 11.3 Å². The molecule has 1 unspecified atom stereocenters. The molecule has 1 atom stereocenters. The first kappa shape index (κ1) is 19.2. The molecule has 31 heavy (non-hydrogen) atoms. The Morgan fingerprint density at radius 3 is 2.61 bits per heavy atom. The van der Waals surface area contributed by atoms with E-state index in [2.05, 4.69) is 10.6 Å². The number of carbonyl (C=O) groups excluding carboxylic acids is 3. The molecule has 1 fully saturated rings. The summed E-state index contributed by atoms with van der Waals surface area (Å²) in [6.45, 7) is 3.03. The van der Waals surface area contributed by atoms with E-state index < -0.39 is 11.9 Å². The molecule has 2 N–H and O–H groups in total. The van der Waals surface area contributed by atoms with Crippen LogP contribution in [0.15, 0.2) is 42.5 Å². The van der Waals surface area contributed by atoms with Crippen molar-refractivity contribution in [2.45, 2.75) is 32.4 Å². The number of imide groups is 1. The lowest BCUT2D eigenvalue weighted by atomic mass is 10.0. The van der Waals surface area contributed by atoms with E-state index in [1.54, 1.807) is 11.0 Å². The zero-order chi connectivity index (χ0) is 21.5. The van der Waals surface area contributed by atoms with Gasteiger partial charge in [0.2, 0.25) is 11.8 Å². The Morgan fingerprint density at radius 2 is 1.87 bits per heavy atom. The van der Waals surface area contributed by atoms with Gasteiger partial charge in [0.1, 0.15) is 11.7 Å². The topological polar surface area (TPSA) is 104 Å². The Kier molecular flexibility index (Phi) is 4.62. The fraction of sp³-hybridized carbons (Fsp3) is 0.261. The Balaban J connectivity index is 1.51. The molecule has 3 aromatic rings. The van der Waals surface area contributed by atoms with E-state index in [0.29, 0.717) is 30.9 Å². The van der Waals surface area contributed by atoms with Gasteiger partial charge in [0.05, 0.1) is 11.0 Å². The summed E-state index contributed by atoms with van der Waals surface area (Å²) in [6.07, 6.45) is 0.582. The highest BCUT2D eigenvalue weighted by Gasteiger charge is 2.39. The molecule has 3 amide bonds. The van der Waals surface area contributed by atoms with Gasteiger partial charge in [-0.3, -0.25) is 19.7 Å². The number of benzene rings is 2. The number of nitrogens with one attached hydrogen (secondary N) is 2. The summed E-state index contributed by atoms with van der Waals surface area (Å²) >= 11 is 0. The first-order valence-corrected chi connectivity index (χ1v) is 10.3. The van der Waals surface area contributed by atoms with Crippen molar-refractivity contribution >= 4 is 34.6 Å². The SMILES string of the molecule is CCNc1nc2ccccc2nc1-c1ccc2c(c1)CN(C1CCC(=O)NC1=O)C2=O. The summed E-state index contributed by atoms with van der Waals surface area (Å²) in [5, 5.41) is 5.61. The molecule has 2 aliphatic rings. The van der Waals surface area contributed by atoms with Gasteiger partial charge in [-0.05, 0) is 43.2 Å². The monoisotopic (exact) mass is 415 g/mol. The highest BCUT2D eigenvalue weighted by molar-refractivity contribution is 6.05. The minimum absolute atomic E-state index is 0.187. The third-order valence-corrected chi connectivity index (χ3v) is 5.71. The van der Waals surface area contributed by atoms with E-state index in [1.807, 2.05) is 43.3 Å². The molecule has 8 heteroatoms. The highest BCUT2D eigenvalue weighted by Crippen LogP contribution is 2.33. The lowest BCUT2D eigenvalue weighted by Gasteiger charge is -2.29. The number of hydrogen-bond acceptors (Lipinski definition) is 6. The molecule has 1 saturated heterocycles. The lowest BCUT2D eigenvalue weighted by molar-refractivity contribution is -0.136. The van der Waals surface area contributed by atoms with Gasteiger partial charge in [0.15, 0.2) is 5.82 Å². The fourth-order valence-electron chi connectivity index (χ4n) is 4.21. The predicted molar refractivity (Wildman–Crippen MR) is 115 cm³/mol. The maximum absolute atomic E-state index is 12.9. The van der Waals surface area contributed by atoms with Crippen LogP contribution in [0, 0.1) is 0 Å². The van der Waals surface area contributed by atoms with E-state index in [0.717, 1.165) is 27.9 Å². The van der Waals surface area contributed by atoms with Crippen LogP contribution < -0.4 is 10.6 Å². The molecule has 8 nitrogen and oxygen atoms in total. The van der Waals surface area contributed by atoms with Gasteiger partial charge in [-0.1, -0.05) is 18.2 Å². The number of amides is 3. The van der Waals surface area contributed by atoms with Crippen LogP contribution >= 0.6 is 0 Å². The average Bonchev–Trinajstić information content (AvgIpc) is 3.09. The average molecular weight is 415 g/mol. The Hall–Kier alpha value is -3.81. The van der Waals surface area contributed by atoms with Crippen molar-refractivity contribution in [2.24, 2.45) is 0 Å². The molecule has 156 valence electrons. The van der Waals surface area contributed by atoms with Gasteiger partial charge in [0, 0.05) is 30.6 Å². The lowest BCUT2D eigenvalue weighted by Crippen LogP contribution is -2.52. The predicted octanol–water partition coefficient (Wildman–Crippen LogP) is 2.49. The van der Waals surface area contributed by atoms with Crippen molar-refractivity contribution < 1.29 is 14.4 Å². The normalized spacial score (nSPS) is 18.3. The van der Waals surface area contributed by atoms with E-state index in [9.17, 15) is 14.4 Å². The Bertz CT molecular complexity index is 1240. The summed E-state index contributed by atoms with van der Waals surface area (Å²) in [7, 11) is 0. The number of nitrogens with zero attached hydrogens (tertiary/aromatic N) is 3. The summed E-state index contributed by atoms with van der Waals surface area (Å²) in [5.41, 5.74) is 4.58. The molecule has 0 bridgehead atoms. The standard InChI is InChI=1S/C23H21N5O3/c1-2-24-21-20(25-16-5-3-4-6-17(16)26-21)13-7-8-15-14(11-13)12-28(23(15)31)18-9-10-19(29)27-22(18)30/h3-8,11,18H,2,9-10,12H2,1H3,(H,24,26)(H,27,29,30). The maximum Gasteiger partial charge on any atom is 0.255 e. The molecule has 0 spiro atoms. The number of piperidine rings is 1. The van der Waals surface area contributed by atoms with Crippen molar-refractivity contribution in [1.29, 1.82) is 0 Å². The number of fused-ring (bicyclic) bond motifs is 2. The molecular weight excluding hydrogens is 394 g/mol. The Morgan fingerprint density at radius 1 is 1.10 bits per heavy atom. The summed E-state index contributed by atoms with van der Waals surface area (Å²) in [6, 6.07) is 12.7. The Labute approximate surface area is 178 Å². The van der Waals surface area contributed by atoms with Gasteiger partial charge in [-0.25, -0.2) is 9.97 Å². The fourth-order valence-corrected chi connectivity index (χ4v) is 4.21. The number of rotatable bonds is 4. The van der Waals surface area contributed by atoms with Crippen molar-refractivity contribution in [2.75, 3.05) is 11.9 Å². The highest BCUT2D eigenvalue weighted by atomic mass is 16.2. The molecule has 0 radical (unpaired) electrons. The molecule has 0 saturated carbocycles. The minimum Gasteiger partial charge on any atom is -0.369 e. The van der Waals surface area contributed by atoms with Gasteiger partial charge in [0.25, 0.3) is 5.91 Å². The number of para-hydroxylation sites is 2. The van der Waals surface area contributed by atoms with Crippen LogP contribution in [0.1, 0.15) is 35.7 Å². The first-order valence-electron chi connectivity index (χ1n) is 10.3. The maximum atomic E-state index is 12.9. The van der Waals surface area contributed by atoms with E-state index in [-0.39, 0.29) is 18.2 Å². The first-order chi connectivity index (χ1) is 15.0. The van der Waals surface area contributed by atoms with Crippen molar-refractivity contribution in [1.82, 2.24) is 20.2 Å². The van der Waals surface area contributed by atoms with Crippen LogP contribution in [0.25, 0.3) is 22.3 Å². The van der Waals surface area contributed by atoms with Gasteiger partial charge >= 0.3 is 0 Å². The molecule has 5 rings (SSSR count). The summed E-state index contributed by atoms with van der Waals surface area (Å²) < 4.78 is 0. The van der Waals surface area contributed by atoms with E-state index >= 15 is 0 Å². The third-order valence-electron chi connectivity index (χ3n) is 5.71. The van der Waals surface area contributed by atoms with Crippen molar-refractivity contribution in [3.05, 3.63) is 53.6 Å². The number of anilines is 1. The van der Waals surface area contributed by atoms with Crippen LogP contribution in [-0.2, 0) is 16.1 Å². The molecule has 1 aromatic heterocycles. The zero-order valence-electron chi connectivity index (χ0n) is 17.0. The van der Waals surface area contributed by atoms with E-state index in [1.165, 1.54) is 0 Å². The third kappa shape index (κ3) is 3.30. The van der Waals surface area contributed by atoms with E-state index in [4.69, 9.17) is 9.97 Å². The number of aromatic nitrogens is 2. The zero-order valence-corrected chi connectivity index (χ0v) is 17.0. The smallest absolute Gasteiger partial charge is 0.255 e. The van der Waals surface area contributed by atoms with Gasteiger partial charge in [-0.15, -0.1) is 0 Å². The van der Waals surface area contributed by atoms with Crippen LogP contribution in [0.3, 0.4) is 0 Å². The number of hydrogen-bond donors (Lipinski definition) is 2. The second kappa shape index (κ2) is 7.46.